The van der Waals surface area contributed by atoms with Crippen LogP contribution in [0.5, 0.6) is 0 Å². The van der Waals surface area contributed by atoms with Crippen LogP contribution in [0, 0.1) is 11.6 Å². The first-order valence-electron chi connectivity index (χ1n) is 6.07. The van der Waals surface area contributed by atoms with Gasteiger partial charge in [0.2, 0.25) is 0 Å². The minimum Gasteiger partial charge on any atom is -0.206 e. The van der Waals surface area contributed by atoms with Crippen LogP contribution in [0.1, 0.15) is 18.1 Å². The number of hydrogen-bond acceptors (Lipinski definition) is 0. The van der Waals surface area contributed by atoms with Gasteiger partial charge in [0.25, 0.3) is 0 Å². The van der Waals surface area contributed by atoms with Gasteiger partial charge >= 0.3 is 0 Å². The lowest BCUT2D eigenvalue weighted by molar-refractivity contribution is 0.618. The molecule has 0 aliphatic rings. The number of rotatable bonds is 3. The van der Waals surface area contributed by atoms with Gasteiger partial charge in [-0.2, -0.15) is 0 Å². The SMILES string of the molecule is C/C=C/C=C(c1ccccc1F)c1ccccc1F. The van der Waals surface area contributed by atoms with E-state index in [1.807, 2.05) is 13.0 Å². The molecule has 0 N–H and O–H groups in total. The third-order valence-corrected chi connectivity index (χ3v) is 2.78. The van der Waals surface area contributed by atoms with Crippen molar-refractivity contribution < 1.29 is 8.78 Å². The van der Waals surface area contributed by atoms with E-state index in [1.165, 1.54) is 12.1 Å². The second-order valence-corrected chi connectivity index (χ2v) is 4.07. The van der Waals surface area contributed by atoms with Crippen molar-refractivity contribution >= 4 is 5.57 Å². The highest BCUT2D eigenvalue weighted by Crippen LogP contribution is 2.27. The second kappa shape index (κ2) is 6.10. The summed E-state index contributed by atoms with van der Waals surface area (Å²) < 4.78 is 27.8. The number of hydrogen-bond donors (Lipinski definition) is 0. The third kappa shape index (κ3) is 2.97. The van der Waals surface area contributed by atoms with Gasteiger partial charge in [0.15, 0.2) is 0 Å². The molecule has 0 nitrogen and oxygen atoms in total. The van der Waals surface area contributed by atoms with E-state index in [2.05, 4.69) is 0 Å². The summed E-state index contributed by atoms with van der Waals surface area (Å²) in [6.07, 6.45) is 5.31. The Balaban J connectivity index is 2.62. The smallest absolute Gasteiger partial charge is 0.131 e. The lowest BCUT2D eigenvalue weighted by Gasteiger charge is -2.09. The molecule has 0 amide bonds. The Bertz CT molecular complexity index is 577. The lowest BCUT2D eigenvalue weighted by Crippen LogP contribution is -1.94. The summed E-state index contributed by atoms with van der Waals surface area (Å²) in [4.78, 5) is 0. The van der Waals surface area contributed by atoms with Crippen molar-refractivity contribution in [3.63, 3.8) is 0 Å². The summed E-state index contributed by atoms with van der Waals surface area (Å²) in [7, 11) is 0. The summed E-state index contributed by atoms with van der Waals surface area (Å²) in [5, 5.41) is 0. The zero-order chi connectivity index (χ0) is 13.7. The molecule has 2 heteroatoms. The molecule has 2 rings (SSSR count). The largest absolute Gasteiger partial charge is 0.206 e. The second-order valence-electron chi connectivity index (χ2n) is 4.07. The normalized spacial score (nSPS) is 10.7. The molecule has 19 heavy (non-hydrogen) atoms. The summed E-state index contributed by atoms with van der Waals surface area (Å²) >= 11 is 0. The first-order valence-corrected chi connectivity index (χ1v) is 6.07. The van der Waals surface area contributed by atoms with Gasteiger partial charge in [0.1, 0.15) is 11.6 Å². The summed E-state index contributed by atoms with van der Waals surface area (Å²) in [6, 6.07) is 12.8. The van der Waals surface area contributed by atoms with Crippen molar-refractivity contribution in [2.45, 2.75) is 6.92 Å². The number of allylic oxidation sites excluding steroid dienone is 3. The minimum atomic E-state index is -0.360. The molecule has 2 aromatic carbocycles. The first kappa shape index (κ1) is 13.2. The van der Waals surface area contributed by atoms with Crippen LogP contribution in [0.3, 0.4) is 0 Å². The molecule has 0 atom stereocenters. The van der Waals surface area contributed by atoms with Crippen LogP contribution < -0.4 is 0 Å². The predicted octanol–water partition coefficient (Wildman–Crippen LogP) is 4.97. The molecule has 0 aliphatic carbocycles. The predicted molar refractivity (Wildman–Crippen MR) is 74.7 cm³/mol. The topological polar surface area (TPSA) is 0 Å². The molecule has 0 saturated heterocycles. The highest BCUT2D eigenvalue weighted by molar-refractivity contribution is 5.81. The van der Waals surface area contributed by atoms with E-state index in [0.29, 0.717) is 16.7 Å². The van der Waals surface area contributed by atoms with Gasteiger partial charge in [-0.05, 0) is 24.6 Å². The molecule has 0 radical (unpaired) electrons. The average molecular weight is 256 g/mol. The van der Waals surface area contributed by atoms with Gasteiger partial charge in [0.05, 0.1) is 0 Å². The zero-order valence-electron chi connectivity index (χ0n) is 10.6. The van der Waals surface area contributed by atoms with Crippen LogP contribution in [-0.2, 0) is 0 Å². The Kier molecular flexibility index (Phi) is 4.24. The standard InChI is InChI=1S/C17H14F2/c1-2-3-8-13(14-9-4-6-11-16(14)18)15-10-5-7-12-17(15)19/h2-12H,1H3/b3-2+. The minimum absolute atomic E-state index is 0.360. The van der Waals surface area contributed by atoms with Crippen molar-refractivity contribution in [2.24, 2.45) is 0 Å². The van der Waals surface area contributed by atoms with Gasteiger partial charge in [-0.25, -0.2) is 8.78 Å². The van der Waals surface area contributed by atoms with E-state index in [1.54, 1.807) is 48.6 Å². The fourth-order valence-electron chi connectivity index (χ4n) is 1.88. The van der Waals surface area contributed by atoms with Gasteiger partial charge in [-0.1, -0.05) is 54.6 Å². The van der Waals surface area contributed by atoms with Crippen LogP contribution in [-0.4, -0.2) is 0 Å². The van der Waals surface area contributed by atoms with E-state index in [0.717, 1.165) is 0 Å². The molecule has 0 heterocycles. The van der Waals surface area contributed by atoms with Gasteiger partial charge < -0.3 is 0 Å². The summed E-state index contributed by atoms with van der Waals surface area (Å²) in [6.45, 7) is 1.86. The van der Waals surface area contributed by atoms with Crippen LogP contribution in [0.15, 0.2) is 66.8 Å². The number of halogens is 2. The Morgan fingerprint density at radius 1 is 0.842 bits per heavy atom. The van der Waals surface area contributed by atoms with E-state index in [-0.39, 0.29) is 11.6 Å². The van der Waals surface area contributed by atoms with E-state index < -0.39 is 0 Å². The highest BCUT2D eigenvalue weighted by atomic mass is 19.1. The molecule has 2 aromatic rings. The number of benzene rings is 2. The lowest BCUT2D eigenvalue weighted by atomic mass is 9.96. The maximum Gasteiger partial charge on any atom is 0.131 e. The van der Waals surface area contributed by atoms with Gasteiger partial charge in [0, 0.05) is 11.1 Å². The summed E-state index contributed by atoms with van der Waals surface area (Å²) in [5.41, 5.74) is 1.32. The van der Waals surface area contributed by atoms with Crippen LogP contribution in [0.2, 0.25) is 0 Å². The van der Waals surface area contributed by atoms with E-state index >= 15 is 0 Å². The molecule has 0 saturated carbocycles. The molecule has 0 spiro atoms. The Morgan fingerprint density at radius 3 is 1.74 bits per heavy atom. The fourth-order valence-corrected chi connectivity index (χ4v) is 1.88. The first-order chi connectivity index (χ1) is 9.24. The third-order valence-electron chi connectivity index (χ3n) is 2.78. The van der Waals surface area contributed by atoms with Crippen molar-refractivity contribution in [2.75, 3.05) is 0 Å². The molecule has 0 bridgehead atoms. The maximum absolute atomic E-state index is 13.9. The van der Waals surface area contributed by atoms with Gasteiger partial charge in [-0.3, -0.25) is 0 Å². The van der Waals surface area contributed by atoms with Crippen molar-refractivity contribution in [3.05, 3.63) is 89.5 Å². The van der Waals surface area contributed by atoms with Crippen LogP contribution in [0.4, 0.5) is 8.78 Å². The Morgan fingerprint density at radius 2 is 1.32 bits per heavy atom. The molecule has 0 fully saturated rings. The zero-order valence-corrected chi connectivity index (χ0v) is 10.6. The highest BCUT2D eigenvalue weighted by Gasteiger charge is 2.12. The van der Waals surface area contributed by atoms with E-state index in [4.69, 9.17) is 0 Å². The monoisotopic (exact) mass is 256 g/mol. The maximum atomic E-state index is 13.9. The van der Waals surface area contributed by atoms with Crippen molar-refractivity contribution in [3.8, 4) is 0 Å². The quantitative estimate of drug-likeness (QED) is 0.680. The van der Waals surface area contributed by atoms with Crippen LogP contribution >= 0.6 is 0 Å². The summed E-state index contributed by atoms with van der Waals surface area (Å²) in [5.74, 6) is -0.719. The molecular weight excluding hydrogens is 242 g/mol. The molecule has 96 valence electrons. The van der Waals surface area contributed by atoms with E-state index in [9.17, 15) is 8.78 Å². The van der Waals surface area contributed by atoms with Crippen molar-refractivity contribution in [1.82, 2.24) is 0 Å². The van der Waals surface area contributed by atoms with Crippen molar-refractivity contribution in [1.29, 1.82) is 0 Å². The molecule has 0 unspecified atom stereocenters. The molecular formula is C17H14F2. The molecule has 0 aliphatic heterocycles. The average Bonchev–Trinajstić information content (AvgIpc) is 2.42. The Labute approximate surface area is 111 Å². The fraction of sp³-hybridized carbons (Fsp3) is 0.0588. The van der Waals surface area contributed by atoms with Crippen LogP contribution in [0.25, 0.3) is 5.57 Å². The van der Waals surface area contributed by atoms with Gasteiger partial charge in [-0.15, -0.1) is 0 Å². The molecule has 0 aromatic heterocycles. The Hall–Kier alpha value is -2.22.